The lowest BCUT2D eigenvalue weighted by atomic mass is 10.2. The molecule has 0 bridgehead atoms. The maximum Gasteiger partial charge on any atom is 0.234 e. The summed E-state index contributed by atoms with van der Waals surface area (Å²) in [6, 6.07) is 4.36. The standard InChI is InChI=1S/C8H3Cl2FN2S/c9-5-3-4(1-2-6(5)11)7-12-8(10)13-14-7/h1-3H. The molecule has 0 amide bonds. The van der Waals surface area contributed by atoms with Gasteiger partial charge in [0.2, 0.25) is 5.28 Å². The Morgan fingerprint density at radius 2 is 2.07 bits per heavy atom. The smallest absolute Gasteiger partial charge is 0.205 e. The zero-order valence-corrected chi connectivity index (χ0v) is 9.00. The quantitative estimate of drug-likeness (QED) is 0.770. The van der Waals surface area contributed by atoms with Crippen molar-refractivity contribution >= 4 is 34.7 Å². The predicted molar refractivity (Wildman–Crippen MR) is 55.3 cm³/mol. The molecule has 0 aliphatic heterocycles. The van der Waals surface area contributed by atoms with Gasteiger partial charge in [0.15, 0.2) is 0 Å². The van der Waals surface area contributed by atoms with Crippen LogP contribution in [0.4, 0.5) is 4.39 Å². The summed E-state index contributed by atoms with van der Waals surface area (Å²) in [7, 11) is 0. The molecule has 0 radical (unpaired) electrons. The van der Waals surface area contributed by atoms with E-state index in [1.54, 1.807) is 6.07 Å². The minimum Gasteiger partial charge on any atom is -0.205 e. The molecule has 2 nitrogen and oxygen atoms in total. The second-order valence-electron chi connectivity index (χ2n) is 2.50. The summed E-state index contributed by atoms with van der Waals surface area (Å²) < 4.78 is 16.6. The van der Waals surface area contributed by atoms with E-state index in [4.69, 9.17) is 23.2 Å². The summed E-state index contributed by atoms with van der Waals surface area (Å²) in [6.45, 7) is 0. The van der Waals surface area contributed by atoms with Crippen molar-refractivity contribution in [1.82, 2.24) is 9.36 Å². The van der Waals surface area contributed by atoms with Crippen LogP contribution in [-0.4, -0.2) is 9.36 Å². The van der Waals surface area contributed by atoms with Crippen LogP contribution in [0.5, 0.6) is 0 Å². The normalized spacial score (nSPS) is 10.5. The van der Waals surface area contributed by atoms with Crippen LogP contribution in [0.25, 0.3) is 10.6 Å². The number of hydrogen-bond acceptors (Lipinski definition) is 3. The molecule has 0 unspecified atom stereocenters. The average molecular weight is 249 g/mol. The van der Waals surface area contributed by atoms with Crippen molar-refractivity contribution in [3.05, 3.63) is 34.3 Å². The molecule has 72 valence electrons. The Morgan fingerprint density at radius 3 is 2.64 bits per heavy atom. The molecule has 0 N–H and O–H groups in total. The summed E-state index contributed by atoms with van der Waals surface area (Å²) in [6.07, 6.45) is 0. The van der Waals surface area contributed by atoms with Gasteiger partial charge in [0.25, 0.3) is 0 Å². The van der Waals surface area contributed by atoms with E-state index in [-0.39, 0.29) is 10.3 Å². The lowest BCUT2D eigenvalue weighted by Gasteiger charge is -1.96. The van der Waals surface area contributed by atoms with Crippen LogP contribution in [0.3, 0.4) is 0 Å². The highest BCUT2D eigenvalue weighted by molar-refractivity contribution is 7.09. The van der Waals surface area contributed by atoms with Crippen molar-refractivity contribution in [2.45, 2.75) is 0 Å². The molecule has 0 fully saturated rings. The molecule has 1 aromatic heterocycles. The fourth-order valence-corrected chi connectivity index (χ4v) is 1.93. The van der Waals surface area contributed by atoms with Gasteiger partial charge >= 0.3 is 0 Å². The SMILES string of the molecule is Fc1ccc(-c2nc(Cl)ns2)cc1Cl. The minimum absolute atomic E-state index is 0.0637. The molecule has 0 atom stereocenters. The molecule has 6 heteroatoms. The molecular formula is C8H3Cl2FN2S. The van der Waals surface area contributed by atoms with Gasteiger partial charge < -0.3 is 0 Å². The van der Waals surface area contributed by atoms with Crippen molar-refractivity contribution in [2.24, 2.45) is 0 Å². The molecule has 0 aliphatic rings. The highest BCUT2D eigenvalue weighted by Gasteiger charge is 2.07. The Bertz CT molecular complexity index is 472. The van der Waals surface area contributed by atoms with Gasteiger partial charge in [0, 0.05) is 5.56 Å². The maximum atomic E-state index is 12.8. The molecule has 0 spiro atoms. The van der Waals surface area contributed by atoms with Gasteiger partial charge in [0.1, 0.15) is 10.8 Å². The minimum atomic E-state index is -0.453. The van der Waals surface area contributed by atoms with E-state index in [1.807, 2.05) is 0 Å². The van der Waals surface area contributed by atoms with Crippen molar-refractivity contribution in [2.75, 3.05) is 0 Å². The van der Waals surface area contributed by atoms with Crippen molar-refractivity contribution < 1.29 is 4.39 Å². The molecule has 0 saturated heterocycles. The summed E-state index contributed by atoms with van der Waals surface area (Å²) in [5.74, 6) is -0.453. The largest absolute Gasteiger partial charge is 0.234 e. The Labute approximate surface area is 93.5 Å². The van der Waals surface area contributed by atoms with Crippen molar-refractivity contribution in [1.29, 1.82) is 0 Å². The number of nitrogens with zero attached hydrogens (tertiary/aromatic N) is 2. The third-order valence-corrected chi connectivity index (χ3v) is 2.89. The van der Waals surface area contributed by atoms with Crippen LogP contribution in [0.15, 0.2) is 18.2 Å². The highest BCUT2D eigenvalue weighted by Crippen LogP contribution is 2.26. The number of aromatic nitrogens is 2. The third kappa shape index (κ3) is 1.87. The fraction of sp³-hybridized carbons (Fsp3) is 0. The second kappa shape index (κ2) is 3.81. The Balaban J connectivity index is 2.47. The van der Waals surface area contributed by atoms with Gasteiger partial charge in [-0.3, -0.25) is 0 Å². The van der Waals surface area contributed by atoms with Crippen LogP contribution in [0, 0.1) is 5.82 Å². The van der Waals surface area contributed by atoms with Gasteiger partial charge in [-0.15, -0.1) is 0 Å². The topological polar surface area (TPSA) is 25.8 Å². The zero-order valence-electron chi connectivity index (χ0n) is 6.67. The van der Waals surface area contributed by atoms with Crippen LogP contribution < -0.4 is 0 Å². The maximum absolute atomic E-state index is 12.8. The summed E-state index contributed by atoms with van der Waals surface area (Å²) in [5.41, 5.74) is 0.709. The van der Waals surface area contributed by atoms with E-state index in [0.717, 1.165) is 11.5 Å². The van der Waals surface area contributed by atoms with Crippen LogP contribution in [0.1, 0.15) is 0 Å². The highest BCUT2D eigenvalue weighted by atomic mass is 35.5. The van der Waals surface area contributed by atoms with E-state index >= 15 is 0 Å². The monoisotopic (exact) mass is 248 g/mol. The molecule has 2 aromatic rings. The Hall–Kier alpha value is -0.710. The first kappa shape index (κ1) is 9.83. The molecular weight excluding hydrogens is 246 g/mol. The molecule has 0 aliphatic carbocycles. The molecule has 1 aromatic carbocycles. The van der Waals surface area contributed by atoms with E-state index in [9.17, 15) is 4.39 Å². The van der Waals surface area contributed by atoms with Crippen LogP contribution in [0.2, 0.25) is 10.3 Å². The van der Waals surface area contributed by atoms with Gasteiger partial charge in [-0.05, 0) is 41.3 Å². The van der Waals surface area contributed by atoms with E-state index in [1.165, 1.54) is 12.1 Å². The Kier molecular flexibility index (Phi) is 2.67. The number of benzene rings is 1. The van der Waals surface area contributed by atoms with Crippen molar-refractivity contribution in [3.8, 4) is 10.6 Å². The van der Waals surface area contributed by atoms with E-state index < -0.39 is 5.82 Å². The molecule has 1 heterocycles. The Morgan fingerprint density at radius 1 is 1.29 bits per heavy atom. The summed E-state index contributed by atoms with van der Waals surface area (Å²) in [4.78, 5) is 3.94. The summed E-state index contributed by atoms with van der Waals surface area (Å²) >= 11 is 12.3. The van der Waals surface area contributed by atoms with E-state index in [2.05, 4.69) is 9.36 Å². The van der Waals surface area contributed by atoms with Crippen LogP contribution in [-0.2, 0) is 0 Å². The van der Waals surface area contributed by atoms with Gasteiger partial charge in [0.05, 0.1) is 5.02 Å². The lowest BCUT2D eigenvalue weighted by molar-refractivity contribution is 0.628. The summed E-state index contributed by atoms with van der Waals surface area (Å²) in [5, 5.41) is 0.871. The van der Waals surface area contributed by atoms with Gasteiger partial charge in [-0.25, -0.2) is 9.37 Å². The predicted octanol–water partition coefficient (Wildman–Crippen LogP) is 3.65. The average Bonchev–Trinajstić information content (AvgIpc) is 2.57. The first-order valence-electron chi connectivity index (χ1n) is 3.61. The molecule has 14 heavy (non-hydrogen) atoms. The third-order valence-electron chi connectivity index (χ3n) is 1.57. The van der Waals surface area contributed by atoms with E-state index in [0.29, 0.717) is 10.6 Å². The fourth-order valence-electron chi connectivity index (χ4n) is 0.952. The first-order chi connectivity index (χ1) is 6.66. The second-order valence-corrected chi connectivity index (χ2v) is 3.99. The van der Waals surface area contributed by atoms with Gasteiger partial charge in [-0.1, -0.05) is 11.6 Å². The molecule has 2 rings (SSSR count). The number of hydrogen-bond donors (Lipinski definition) is 0. The number of rotatable bonds is 1. The number of halogens is 3. The lowest BCUT2D eigenvalue weighted by Crippen LogP contribution is -1.79. The first-order valence-corrected chi connectivity index (χ1v) is 5.14. The van der Waals surface area contributed by atoms with Gasteiger partial charge in [-0.2, -0.15) is 4.37 Å². The van der Waals surface area contributed by atoms with Crippen LogP contribution >= 0.6 is 34.7 Å². The molecule has 0 saturated carbocycles. The van der Waals surface area contributed by atoms with Crippen molar-refractivity contribution in [3.63, 3.8) is 0 Å². The zero-order chi connectivity index (χ0) is 10.1.